The predicted molar refractivity (Wildman–Crippen MR) is 78.7 cm³/mol. The Balaban J connectivity index is 3.76. The minimum Gasteiger partial charge on any atom is -0.393 e. The molecule has 0 saturated heterocycles. The highest BCUT2D eigenvalue weighted by Gasteiger charge is 2.16. The van der Waals surface area contributed by atoms with Crippen molar-refractivity contribution in [2.75, 3.05) is 0 Å². The monoisotopic (exact) mass is 332 g/mol. The Morgan fingerprint density at radius 2 is 1.35 bits per heavy atom. The Labute approximate surface area is 124 Å². The summed E-state index contributed by atoms with van der Waals surface area (Å²) >= 11 is 14.6. The molecule has 8 nitrogen and oxygen atoms in total. The molecule has 0 aliphatic rings. The highest BCUT2D eigenvalue weighted by Crippen LogP contribution is 2.18. The number of hydrogen-bond acceptors (Lipinski definition) is 10. The third-order valence-electron chi connectivity index (χ3n) is 0.992. The number of nitrogens with one attached hydrogen (secondary N) is 2. The number of rotatable bonds is 6. The SMILES string of the molecule is O=C(OPOC(=O)N(S)[B]NS)N(S)[B]NS. The summed E-state index contributed by atoms with van der Waals surface area (Å²) < 4.78 is 15.1. The second kappa shape index (κ2) is 10.4. The van der Waals surface area contributed by atoms with Gasteiger partial charge in [0.25, 0.3) is 9.03 Å². The van der Waals surface area contributed by atoms with Crippen molar-refractivity contribution in [1.82, 2.24) is 17.7 Å². The quantitative estimate of drug-likeness (QED) is 0.233. The Morgan fingerprint density at radius 1 is 1.00 bits per heavy atom. The smallest absolute Gasteiger partial charge is 0.393 e. The van der Waals surface area contributed by atoms with Crippen LogP contribution >= 0.6 is 60.3 Å². The van der Waals surface area contributed by atoms with E-state index in [1.54, 1.807) is 0 Å². The van der Waals surface area contributed by atoms with Gasteiger partial charge in [-0.3, -0.25) is 17.7 Å². The van der Waals surface area contributed by atoms with Crippen LogP contribution < -0.4 is 9.27 Å². The van der Waals surface area contributed by atoms with Crippen molar-refractivity contribution in [3.05, 3.63) is 0 Å². The molecule has 0 rings (SSSR count). The van der Waals surface area contributed by atoms with E-state index in [4.69, 9.17) is 0 Å². The molecule has 0 bridgehead atoms. The fourth-order valence-corrected chi connectivity index (χ4v) is 1.55. The minimum absolute atomic E-state index is 0.772. The van der Waals surface area contributed by atoms with E-state index in [9.17, 15) is 9.59 Å². The van der Waals surface area contributed by atoms with Gasteiger partial charge in [-0.25, -0.2) is 9.59 Å². The Morgan fingerprint density at radius 3 is 1.65 bits per heavy atom. The molecular weight excluding hydrogens is 325 g/mol. The predicted octanol–water partition coefficient (Wildman–Crippen LogP) is -0.00110. The summed E-state index contributed by atoms with van der Waals surface area (Å²) in [6.07, 6.45) is -1.69. The molecule has 2 amide bonds. The number of amides is 2. The standard InChI is InChI=1S/C2H7B2N4O4PS4/c9-1(7(16)3-5-14)11-13-12-2(10)8(17)4-6-15/h5-6,13-17H. The van der Waals surface area contributed by atoms with Gasteiger partial charge in [0.2, 0.25) is 0 Å². The average molecular weight is 332 g/mol. The van der Waals surface area contributed by atoms with Crippen LogP contribution in [0.4, 0.5) is 9.59 Å². The summed E-state index contributed by atoms with van der Waals surface area (Å²) in [4.78, 5) is 22.2. The lowest BCUT2D eigenvalue weighted by Gasteiger charge is -2.14. The van der Waals surface area contributed by atoms with Crippen molar-refractivity contribution in [3.8, 4) is 0 Å². The van der Waals surface area contributed by atoms with Crippen molar-refractivity contribution in [2.24, 2.45) is 0 Å². The summed E-state index contributed by atoms with van der Waals surface area (Å²) in [5.74, 6) is 0. The molecule has 15 heteroatoms. The van der Waals surface area contributed by atoms with Crippen molar-refractivity contribution >= 4 is 87.6 Å². The zero-order valence-corrected chi connectivity index (χ0v) is 12.5. The first-order chi connectivity index (χ1) is 8.02. The fourth-order valence-electron chi connectivity index (χ4n) is 0.400. The van der Waals surface area contributed by atoms with E-state index in [1.165, 1.54) is 0 Å². The third kappa shape index (κ3) is 8.19. The largest absolute Gasteiger partial charge is 0.413 e. The van der Waals surface area contributed by atoms with Gasteiger partial charge in [0.1, 0.15) is 0 Å². The number of hydrogen-bond donors (Lipinski definition) is 6. The fraction of sp³-hybridized carbons (Fsp3) is 0. The first-order valence-electron chi connectivity index (χ1n) is 3.61. The van der Waals surface area contributed by atoms with Gasteiger partial charge >= 0.3 is 27.3 Å². The molecule has 17 heavy (non-hydrogen) atoms. The third-order valence-corrected chi connectivity index (χ3v) is 2.30. The van der Waals surface area contributed by atoms with E-state index in [2.05, 4.69) is 69.6 Å². The average Bonchev–Trinajstić information content (AvgIpc) is 2.29. The van der Waals surface area contributed by atoms with Crippen LogP contribution in [0.5, 0.6) is 0 Å². The first kappa shape index (κ1) is 17.4. The van der Waals surface area contributed by atoms with E-state index < -0.39 is 21.2 Å². The van der Waals surface area contributed by atoms with Crippen LogP contribution in [0.2, 0.25) is 0 Å². The van der Waals surface area contributed by atoms with Gasteiger partial charge in [0.15, 0.2) is 0 Å². The Bertz CT molecular complexity index is 242. The van der Waals surface area contributed by atoms with Crippen molar-refractivity contribution in [2.45, 2.75) is 0 Å². The first-order valence-corrected chi connectivity index (χ1v) is 6.12. The molecule has 2 radical (unpaired) electrons. The van der Waals surface area contributed by atoms with Gasteiger partial charge in [-0.2, -0.15) is 0 Å². The van der Waals surface area contributed by atoms with Gasteiger partial charge in [-0.05, 0) is 0 Å². The lowest BCUT2D eigenvalue weighted by atomic mass is 10.2. The number of carbonyl (C=O) groups excluding carboxylic acids is 2. The minimum atomic E-state index is -0.844. The number of thiol groups is 4. The van der Waals surface area contributed by atoms with Crippen LogP contribution in [0.25, 0.3) is 0 Å². The molecule has 0 aromatic heterocycles. The van der Waals surface area contributed by atoms with Crippen molar-refractivity contribution < 1.29 is 18.6 Å². The molecule has 0 saturated carbocycles. The molecule has 0 spiro atoms. The maximum Gasteiger partial charge on any atom is 0.413 e. The summed E-state index contributed by atoms with van der Waals surface area (Å²) in [7, 11) is 1.39. The number of carbonyl (C=O) groups is 2. The lowest BCUT2D eigenvalue weighted by molar-refractivity contribution is 0.184. The van der Waals surface area contributed by atoms with E-state index in [0.29, 0.717) is 0 Å². The van der Waals surface area contributed by atoms with E-state index in [-0.39, 0.29) is 0 Å². The molecule has 0 unspecified atom stereocenters. The molecule has 0 heterocycles. The van der Waals surface area contributed by atoms with Crippen LogP contribution in [0.1, 0.15) is 0 Å². The molecule has 0 aromatic carbocycles. The Hall–Kier alpha value is 0.420. The van der Waals surface area contributed by atoms with Gasteiger partial charge in [-0.1, -0.05) is 25.6 Å². The summed E-state index contributed by atoms with van der Waals surface area (Å²) in [5, 5.41) is 0. The van der Waals surface area contributed by atoms with Crippen LogP contribution in [0.3, 0.4) is 0 Å². The van der Waals surface area contributed by atoms with Crippen molar-refractivity contribution in [1.29, 1.82) is 0 Å². The molecule has 2 N–H and O–H groups in total. The summed E-state index contributed by atoms with van der Waals surface area (Å²) in [5.41, 5.74) is 0. The van der Waals surface area contributed by atoms with E-state index >= 15 is 0 Å². The summed E-state index contributed by atoms with van der Waals surface area (Å²) in [6, 6.07) is 0. The topological polar surface area (TPSA) is 83.1 Å². The molecule has 94 valence electrons. The molecule has 0 aliphatic heterocycles. The molecular formula is C2H7B2N4O4PS4. The van der Waals surface area contributed by atoms with Gasteiger partial charge in [0, 0.05) is 0 Å². The van der Waals surface area contributed by atoms with Gasteiger partial charge in [-0.15, -0.1) is 25.6 Å². The molecule has 0 atom stereocenters. The zero-order valence-electron chi connectivity index (χ0n) is 7.97. The van der Waals surface area contributed by atoms with Gasteiger partial charge in [0.05, 0.1) is 0 Å². The van der Waals surface area contributed by atoms with Crippen molar-refractivity contribution in [3.63, 3.8) is 0 Å². The number of nitrogens with zero attached hydrogens (tertiary/aromatic N) is 2. The maximum absolute atomic E-state index is 11.1. The highest BCUT2D eigenvalue weighted by atomic mass is 32.1. The normalized spacial score (nSPS) is 9.18. The van der Waals surface area contributed by atoms with Crippen LogP contribution in [0.15, 0.2) is 0 Å². The van der Waals surface area contributed by atoms with E-state index in [1.807, 2.05) is 0 Å². The highest BCUT2D eigenvalue weighted by molar-refractivity contribution is 7.81. The second-order valence-corrected chi connectivity index (χ2v) is 3.98. The zero-order chi connectivity index (χ0) is 13.3. The lowest BCUT2D eigenvalue weighted by Crippen LogP contribution is -2.32. The van der Waals surface area contributed by atoms with Crippen LogP contribution in [-0.2, 0) is 9.05 Å². The Kier molecular flexibility index (Phi) is 10.6. The van der Waals surface area contributed by atoms with E-state index in [0.717, 1.165) is 23.5 Å². The maximum atomic E-state index is 11.1. The van der Waals surface area contributed by atoms with Crippen LogP contribution in [-0.4, -0.2) is 35.7 Å². The summed E-state index contributed by atoms with van der Waals surface area (Å²) in [6.45, 7) is 0. The second-order valence-electron chi connectivity index (χ2n) is 2.02. The van der Waals surface area contributed by atoms with Crippen LogP contribution in [0, 0.1) is 0 Å². The molecule has 0 aromatic rings. The molecule has 0 fully saturated rings. The van der Waals surface area contributed by atoms with Gasteiger partial charge < -0.3 is 9.05 Å². The molecule has 0 aliphatic carbocycles.